The normalized spacial score (nSPS) is 16.5. The SMILES string of the molecule is CCN1CCN(C(=O)C(C)Sc2nnc(-c3ccc(Cl)cc3Cl)n2N)CC1. The number of hydrogen-bond donors (Lipinski definition) is 1. The molecule has 1 saturated heterocycles. The molecule has 7 nitrogen and oxygen atoms in total. The Morgan fingerprint density at radius 2 is 1.96 bits per heavy atom. The molecule has 10 heteroatoms. The van der Waals surface area contributed by atoms with Crippen LogP contribution in [-0.2, 0) is 4.79 Å². The fourth-order valence-corrected chi connectivity index (χ4v) is 4.31. The van der Waals surface area contributed by atoms with Gasteiger partial charge in [-0.1, -0.05) is 41.9 Å². The number of aromatic nitrogens is 3. The van der Waals surface area contributed by atoms with Crippen molar-refractivity contribution in [1.82, 2.24) is 24.7 Å². The molecule has 0 saturated carbocycles. The van der Waals surface area contributed by atoms with Gasteiger partial charge in [-0.2, -0.15) is 0 Å². The Hall–Kier alpha value is -1.48. The molecule has 2 heterocycles. The topological polar surface area (TPSA) is 80.3 Å². The third kappa shape index (κ3) is 4.51. The number of thioether (sulfide) groups is 1. The van der Waals surface area contributed by atoms with Crippen LogP contribution in [0.2, 0.25) is 10.0 Å². The Kier molecular flexibility index (Phi) is 6.52. The number of nitrogen functional groups attached to an aromatic ring is 1. The summed E-state index contributed by atoms with van der Waals surface area (Å²) in [5.41, 5.74) is 0.637. The van der Waals surface area contributed by atoms with Crippen LogP contribution in [0.5, 0.6) is 0 Å². The summed E-state index contributed by atoms with van der Waals surface area (Å²) in [4.78, 5) is 17.0. The number of likely N-dealkylation sites (N-methyl/N-ethyl adjacent to an activating group) is 1. The maximum absolute atomic E-state index is 12.7. The fourth-order valence-electron chi connectivity index (χ4n) is 2.96. The Morgan fingerprint density at radius 1 is 1.26 bits per heavy atom. The van der Waals surface area contributed by atoms with Crippen LogP contribution < -0.4 is 5.84 Å². The molecule has 1 fully saturated rings. The average molecular weight is 429 g/mol. The van der Waals surface area contributed by atoms with E-state index in [2.05, 4.69) is 22.0 Å². The molecular weight excluding hydrogens is 407 g/mol. The van der Waals surface area contributed by atoms with Crippen molar-refractivity contribution in [2.45, 2.75) is 24.3 Å². The Balaban J connectivity index is 1.69. The highest BCUT2D eigenvalue weighted by Gasteiger charge is 2.27. The lowest BCUT2D eigenvalue weighted by molar-refractivity contribution is -0.132. The summed E-state index contributed by atoms with van der Waals surface area (Å²) < 4.78 is 1.36. The summed E-state index contributed by atoms with van der Waals surface area (Å²) in [6.45, 7) is 8.32. The van der Waals surface area contributed by atoms with E-state index in [0.717, 1.165) is 32.7 Å². The highest BCUT2D eigenvalue weighted by molar-refractivity contribution is 8.00. The molecule has 1 unspecified atom stereocenters. The van der Waals surface area contributed by atoms with Gasteiger partial charge in [0.25, 0.3) is 0 Å². The van der Waals surface area contributed by atoms with E-state index in [1.807, 2.05) is 11.8 Å². The number of nitrogens with two attached hydrogens (primary N) is 1. The maximum Gasteiger partial charge on any atom is 0.235 e. The zero-order valence-corrected chi connectivity index (χ0v) is 17.6. The van der Waals surface area contributed by atoms with Gasteiger partial charge in [0.15, 0.2) is 5.82 Å². The lowest BCUT2D eigenvalue weighted by Crippen LogP contribution is -2.50. The van der Waals surface area contributed by atoms with Crippen LogP contribution in [0.3, 0.4) is 0 Å². The molecule has 146 valence electrons. The van der Waals surface area contributed by atoms with Crippen LogP contribution in [0.15, 0.2) is 23.4 Å². The molecule has 3 rings (SSSR count). The predicted octanol–water partition coefficient (Wildman–Crippen LogP) is 2.61. The van der Waals surface area contributed by atoms with E-state index in [0.29, 0.717) is 26.6 Å². The van der Waals surface area contributed by atoms with Crippen molar-refractivity contribution < 1.29 is 4.79 Å². The van der Waals surface area contributed by atoms with E-state index in [-0.39, 0.29) is 11.2 Å². The molecule has 27 heavy (non-hydrogen) atoms. The lowest BCUT2D eigenvalue weighted by atomic mass is 10.2. The molecule has 1 aromatic heterocycles. The van der Waals surface area contributed by atoms with Crippen molar-refractivity contribution in [1.29, 1.82) is 0 Å². The number of carbonyl (C=O) groups is 1. The number of benzene rings is 1. The van der Waals surface area contributed by atoms with Crippen molar-refractivity contribution in [3.05, 3.63) is 28.2 Å². The van der Waals surface area contributed by atoms with E-state index >= 15 is 0 Å². The highest BCUT2D eigenvalue weighted by atomic mass is 35.5. The minimum absolute atomic E-state index is 0.0878. The third-order valence-electron chi connectivity index (χ3n) is 4.60. The van der Waals surface area contributed by atoms with Crippen LogP contribution >= 0.6 is 35.0 Å². The zero-order chi connectivity index (χ0) is 19.6. The van der Waals surface area contributed by atoms with Crippen molar-refractivity contribution in [3.8, 4) is 11.4 Å². The largest absolute Gasteiger partial charge is 0.339 e. The molecule has 1 atom stereocenters. The number of nitrogens with zero attached hydrogens (tertiary/aromatic N) is 5. The summed E-state index contributed by atoms with van der Waals surface area (Å²) in [7, 11) is 0. The number of halogens is 2. The van der Waals surface area contributed by atoms with E-state index in [4.69, 9.17) is 29.0 Å². The van der Waals surface area contributed by atoms with Crippen molar-refractivity contribution in [2.75, 3.05) is 38.6 Å². The van der Waals surface area contributed by atoms with Gasteiger partial charge in [0.05, 0.1) is 10.3 Å². The molecular formula is C17H22Cl2N6OS. The molecule has 1 aromatic carbocycles. The second-order valence-corrected chi connectivity index (χ2v) is 8.47. The standard InChI is InChI=1S/C17H22Cl2N6OS/c1-3-23-6-8-24(9-7-23)16(26)11(2)27-17-22-21-15(25(17)20)13-5-4-12(18)10-14(13)19/h4-5,10-11H,3,6-9,20H2,1-2H3. The average Bonchev–Trinajstić information content (AvgIpc) is 3.01. The third-order valence-corrected chi connectivity index (χ3v) is 6.19. The predicted molar refractivity (Wildman–Crippen MR) is 110 cm³/mol. The van der Waals surface area contributed by atoms with Gasteiger partial charge in [0, 0.05) is 36.8 Å². The van der Waals surface area contributed by atoms with Crippen molar-refractivity contribution in [2.24, 2.45) is 0 Å². The fraction of sp³-hybridized carbons (Fsp3) is 0.471. The van der Waals surface area contributed by atoms with Gasteiger partial charge in [0.2, 0.25) is 11.1 Å². The van der Waals surface area contributed by atoms with E-state index in [1.165, 1.54) is 16.4 Å². The van der Waals surface area contributed by atoms with E-state index in [9.17, 15) is 4.79 Å². The summed E-state index contributed by atoms with van der Waals surface area (Å²) >= 11 is 13.5. The zero-order valence-electron chi connectivity index (χ0n) is 15.2. The Labute approximate surface area is 172 Å². The first-order valence-corrected chi connectivity index (χ1v) is 10.4. The summed E-state index contributed by atoms with van der Waals surface area (Å²) in [6, 6.07) is 5.09. The summed E-state index contributed by atoms with van der Waals surface area (Å²) in [5.74, 6) is 6.67. The van der Waals surface area contributed by atoms with E-state index < -0.39 is 0 Å². The smallest absolute Gasteiger partial charge is 0.235 e. The van der Waals surface area contributed by atoms with Crippen LogP contribution in [-0.4, -0.2) is 68.6 Å². The molecule has 1 aliphatic heterocycles. The Morgan fingerprint density at radius 3 is 2.59 bits per heavy atom. The number of carbonyl (C=O) groups excluding carboxylic acids is 1. The second-order valence-electron chi connectivity index (χ2n) is 6.32. The van der Waals surface area contributed by atoms with Gasteiger partial charge in [-0.3, -0.25) is 4.79 Å². The molecule has 1 amide bonds. The van der Waals surface area contributed by atoms with Gasteiger partial charge < -0.3 is 15.6 Å². The lowest BCUT2D eigenvalue weighted by Gasteiger charge is -2.35. The van der Waals surface area contributed by atoms with Crippen molar-refractivity contribution >= 4 is 40.9 Å². The molecule has 0 spiro atoms. The number of amides is 1. The van der Waals surface area contributed by atoms with Gasteiger partial charge in [-0.15, -0.1) is 10.2 Å². The number of rotatable bonds is 5. The van der Waals surface area contributed by atoms with E-state index in [1.54, 1.807) is 18.2 Å². The van der Waals surface area contributed by atoms with Gasteiger partial charge in [0.1, 0.15) is 0 Å². The summed E-state index contributed by atoms with van der Waals surface area (Å²) in [5, 5.41) is 9.39. The second kappa shape index (κ2) is 8.68. The number of hydrogen-bond acceptors (Lipinski definition) is 6. The van der Waals surface area contributed by atoms with Crippen molar-refractivity contribution in [3.63, 3.8) is 0 Å². The first kappa shape index (κ1) is 20.3. The van der Waals surface area contributed by atoms with Crippen LogP contribution in [0.25, 0.3) is 11.4 Å². The Bertz CT molecular complexity index is 822. The van der Waals surface area contributed by atoms with Crippen LogP contribution in [0, 0.1) is 0 Å². The number of piperazine rings is 1. The molecule has 0 radical (unpaired) electrons. The van der Waals surface area contributed by atoms with Gasteiger partial charge >= 0.3 is 0 Å². The van der Waals surface area contributed by atoms with Crippen LogP contribution in [0.1, 0.15) is 13.8 Å². The molecule has 0 aliphatic carbocycles. The highest BCUT2D eigenvalue weighted by Crippen LogP contribution is 2.31. The maximum atomic E-state index is 12.7. The monoisotopic (exact) mass is 428 g/mol. The minimum Gasteiger partial charge on any atom is -0.339 e. The van der Waals surface area contributed by atoms with Gasteiger partial charge in [-0.05, 0) is 31.7 Å². The molecule has 2 aromatic rings. The van der Waals surface area contributed by atoms with Crippen LogP contribution in [0.4, 0.5) is 0 Å². The minimum atomic E-state index is -0.307. The molecule has 0 bridgehead atoms. The summed E-state index contributed by atoms with van der Waals surface area (Å²) in [6.07, 6.45) is 0. The first-order valence-electron chi connectivity index (χ1n) is 8.74. The van der Waals surface area contributed by atoms with Gasteiger partial charge in [-0.25, -0.2) is 4.68 Å². The quantitative estimate of drug-likeness (QED) is 0.582. The first-order chi connectivity index (χ1) is 12.9. The molecule has 1 aliphatic rings. The molecule has 2 N–H and O–H groups in total.